The van der Waals surface area contributed by atoms with Gasteiger partial charge in [0.05, 0.1) is 11.7 Å². The molecule has 3 aromatic heterocycles. The van der Waals surface area contributed by atoms with E-state index in [-0.39, 0.29) is 29.1 Å². The molecule has 29 heavy (non-hydrogen) atoms. The molecule has 0 aromatic carbocycles. The highest BCUT2D eigenvalue weighted by Crippen LogP contribution is 2.27. The first kappa shape index (κ1) is 18.8. The molecule has 3 aromatic rings. The molecule has 0 unspecified atom stereocenters. The number of carbonyl (C=O) groups is 1. The van der Waals surface area contributed by atoms with Gasteiger partial charge in [-0.3, -0.25) is 19.4 Å². The van der Waals surface area contributed by atoms with Crippen molar-refractivity contribution < 1.29 is 4.79 Å². The number of rotatable bonds is 4. The zero-order valence-electron chi connectivity index (χ0n) is 15.7. The number of aromatic nitrogens is 4. The molecule has 4 rings (SSSR count). The van der Waals surface area contributed by atoms with Gasteiger partial charge in [0, 0.05) is 47.9 Å². The topological polar surface area (TPSA) is 110 Å². The van der Waals surface area contributed by atoms with Crippen LogP contribution in [0.25, 0.3) is 11.3 Å². The van der Waals surface area contributed by atoms with Gasteiger partial charge in [0.2, 0.25) is 5.56 Å². The Morgan fingerprint density at radius 1 is 1.03 bits per heavy atom. The molecule has 0 saturated heterocycles. The number of H-pyrrole nitrogens is 1. The highest BCUT2D eigenvalue weighted by molar-refractivity contribution is 5.94. The number of nitrogens with zero attached hydrogens (tertiary/aromatic N) is 3. The third kappa shape index (κ3) is 4.31. The SMILES string of the molecule is O=C(NC1CCC(n2nc(-c3ccncc3)ccc2=O)CC1)c1cc[nH]c(=O)c1. The summed E-state index contributed by atoms with van der Waals surface area (Å²) in [4.78, 5) is 42.6. The Balaban J connectivity index is 1.43. The molecular weight excluding hydrogens is 370 g/mol. The van der Waals surface area contributed by atoms with Gasteiger partial charge in [0.25, 0.3) is 11.5 Å². The molecule has 1 fully saturated rings. The van der Waals surface area contributed by atoms with Crippen molar-refractivity contribution in [3.63, 3.8) is 0 Å². The van der Waals surface area contributed by atoms with Gasteiger partial charge in [-0.1, -0.05) is 0 Å². The van der Waals surface area contributed by atoms with Gasteiger partial charge in [0.1, 0.15) is 0 Å². The Hall–Kier alpha value is -3.55. The lowest BCUT2D eigenvalue weighted by Gasteiger charge is -2.29. The monoisotopic (exact) mass is 391 g/mol. The molecule has 0 spiro atoms. The van der Waals surface area contributed by atoms with Crippen LogP contribution in [0.4, 0.5) is 0 Å². The van der Waals surface area contributed by atoms with Crippen molar-refractivity contribution in [3.05, 3.63) is 81.3 Å². The zero-order valence-corrected chi connectivity index (χ0v) is 15.7. The summed E-state index contributed by atoms with van der Waals surface area (Å²) in [5.74, 6) is -0.255. The average molecular weight is 391 g/mol. The first-order valence-electron chi connectivity index (χ1n) is 9.60. The minimum Gasteiger partial charge on any atom is -0.349 e. The predicted molar refractivity (Wildman–Crippen MR) is 108 cm³/mol. The molecule has 0 atom stereocenters. The van der Waals surface area contributed by atoms with E-state index >= 15 is 0 Å². The second kappa shape index (κ2) is 8.22. The number of carbonyl (C=O) groups excluding carboxylic acids is 1. The summed E-state index contributed by atoms with van der Waals surface area (Å²) >= 11 is 0. The van der Waals surface area contributed by atoms with Crippen LogP contribution in [0, 0.1) is 0 Å². The first-order valence-corrected chi connectivity index (χ1v) is 9.60. The Labute approximate surface area is 166 Å². The maximum absolute atomic E-state index is 12.4. The summed E-state index contributed by atoms with van der Waals surface area (Å²) in [6.07, 6.45) is 7.82. The number of hydrogen-bond acceptors (Lipinski definition) is 5. The number of amides is 1. The van der Waals surface area contributed by atoms with Gasteiger partial charge in [-0.25, -0.2) is 4.68 Å². The van der Waals surface area contributed by atoms with Crippen molar-refractivity contribution in [2.24, 2.45) is 0 Å². The third-order valence-corrected chi connectivity index (χ3v) is 5.22. The van der Waals surface area contributed by atoms with Crippen LogP contribution in [0.1, 0.15) is 42.1 Å². The lowest BCUT2D eigenvalue weighted by Crippen LogP contribution is -2.39. The summed E-state index contributed by atoms with van der Waals surface area (Å²) in [6, 6.07) is 9.86. The standard InChI is InChI=1S/C21H21N5O3/c27-19-13-15(9-12-23-19)21(29)24-16-1-3-17(4-2-16)26-20(28)6-5-18(25-26)14-7-10-22-11-8-14/h5-13,16-17H,1-4H2,(H,23,27)(H,24,29). The van der Waals surface area contributed by atoms with Crippen LogP contribution < -0.4 is 16.4 Å². The van der Waals surface area contributed by atoms with Gasteiger partial charge in [-0.05, 0) is 49.9 Å². The van der Waals surface area contributed by atoms with Crippen molar-refractivity contribution in [2.75, 3.05) is 0 Å². The lowest BCUT2D eigenvalue weighted by atomic mass is 9.91. The van der Waals surface area contributed by atoms with Crippen molar-refractivity contribution in [1.82, 2.24) is 25.1 Å². The first-order chi connectivity index (χ1) is 14.1. The predicted octanol–water partition coefficient (Wildman–Crippen LogP) is 1.91. The minimum absolute atomic E-state index is 0.00277. The van der Waals surface area contributed by atoms with E-state index in [4.69, 9.17) is 0 Å². The molecular formula is C21H21N5O3. The molecule has 1 saturated carbocycles. The summed E-state index contributed by atoms with van der Waals surface area (Å²) in [6.45, 7) is 0. The van der Waals surface area contributed by atoms with Crippen molar-refractivity contribution in [1.29, 1.82) is 0 Å². The molecule has 148 valence electrons. The molecule has 2 N–H and O–H groups in total. The van der Waals surface area contributed by atoms with E-state index in [1.807, 2.05) is 12.1 Å². The lowest BCUT2D eigenvalue weighted by molar-refractivity contribution is 0.0921. The largest absolute Gasteiger partial charge is 0.349 e. The van der Waals surface area contributed by atoms with Crippen LogP contribution >= 0.6 is 0 Å². The maximum Gasteiger partial charge on any atom is 0.267 e. The second-order valence-electron chi connectivity index (χ2n) is 7.16. The Morgan fingerprint density at radius 2 is 1.79 bits per heavy atom. The fraction of sp³-hybridized carbons (Fsp3) is 0.286. The third-order valence-electron chi connectivity index (χ3n) is 5.22. The van der Waals surface area contributed by atoms with Crippen LogP contribution in [0.5, 0.6) is 0 Å². The van der Waals surface area contributed by atoms with Gasteiger partial charge in [0.15, 0.2) is 0 Å². The van der Waals surface area contributed by atoms with E-state index in [0.29, 0.717) is 5.56 Å². The highest BCUT2D eigenvalue weighted by Gasteiger charge is 2.25. The normalized spacial score (nSPS) is 18.9. The van der Waals surface area contributed by atoms with Gasteiger partial charge >= 0.3 is 0 Å². The maximum atomic E-state index is 12.4. The number of hydrogen-bond donors (Lipinski definition) is 2. The van der Waals surface area contributed by atoms with Crippen LogP contribution in [0.15, 0.2) is 64.6 Å². The van der Waals surface area contributed by atoms with Crippen LogP contribution in [-0.2, 0) is 0 Å². The molecule has 0 bridgehead atoms. The van der Waals surface area contributed by atoms with E-state index in [2.05, 4.69) is 20.4 Å². The fourth-order valence-corrected chi connectivity index (χ4v) is 3.68. The molecule has 8 heteroatoms. The van der Waals surface area contributed by atoms with E-state index in [9.17, 15) is 14.4 Å². The summed E-state index contributed by atoms with van der Waals surface area (Å²) < 4.78 is 1.56. The van der Waals surface area contributed by atoms with Crippen LogP contribution in [0.2, 0.25) is 0 Å². The smallest absolute Gasteiger partial charge is 0.267 e. The average Bonchev–Trinajstić information content (AvgIpc) is 2.75. The number of nitrogens with one attached hydrogen (secondary N) is 2. The van der Waals surface area contributed by atoms with Crippen LogP contribution in [-0.4, -0.2) is 31.7 Å². The molecule has 1 aliphatic rings. The fourth-order valence-electron chi connectivity index (χ4n) is 3.68. The highest BCUT2D eigenvalue weighted by atomic mass is 16.2. The molecule has 0 radical (unpaired) electrons. The van der Waals surface area contributed by atoms with Crippen LogP contribution in [0.3, 0.4) is 0 Å². The minimum atomic E-state index is -0.305. The van der Waals surface area contributed by atoms with Gasteiger partial charge in [-0.2, -0.15) is 5.10 Å². The quantitative estimate of drug-likeness (QED) is 0.706. The molecule has 1 amide bonds. The zero-order chi connectivity index (χ0) is 20.2. The second-order valence-corrected chi connectivity index (χ2v) is 7.16. The van der Waals surface area contributed by atoms with Gasteiger partial charge < -0.3 is 10.3 Å². The number of aromatic amines is 1. The van der Waals surface area contributed by atoms with E-state index in [1.165, 1.54) is 12.3 Å². The summed E-state index contributed by atoms with van der Waals surface area (Å²) in [7, 11) is 0. The molecule has 3 heterocycles. The Morgan fingerprint density at radius 3 is 2.52 bits per heavy atom. The van der Waals surface area contributed by atoms with Gasteiger partial charge in [-0.15, -0.1) is 0 Å². The van der Waals surface area contributed by atoms with Crippen molar-refractivity contribution >= 4 is 5.91 Å². The van der Waals surface area contributed by atoms with E-state index in [1.54, 1.807) is 35.3 Å². The van der Waals surface area contributed by atoms with E-state index < -0.39 is 0 Å². The molecule has 0 aliphatic heterocycles. The van der Waals surface area contributed by atoms with Crippen molar-refractivity contribution in [2.45, 2.75) is 37.8 Å². The Bertz CT molecular complexity index is 1110. The summed E-state index contributed by atoms with van der Waals surface area (Å²) in [5, 5.41) is 7.54. The van der Waals surface area contributed by atoms with Crippen molar-refractivity contribution in [3.8, 4) is 11.3 Å². The summed E-state index contributed by atoms with van der Waals surface area (Å²) in [5.41, 5.74) is 1.56. The van der Waals surface area contributed by atoms with E-state index in [0.717, 1.165) is 36.9 Å². The number of pyridine rings is 2. The molecule has 8 nitrogen and oxygen atoms in total. The Kier molecular flexibility index (Phi) is 5.33. The molecule has 1 aliphatic carbocycles.